The molecule has 0 fully saturated rings. The first kappa shape index (κ1) is 9.41. The Labute approximate surface area is 73.2 Å². The zero-order valence-corrected chi connectivity index (χ0v) is 6.54. The minimum Gasteiger partial charge on any atom is -1.00 e. The van der Waals surface area contributed by atoms with E-state index in [4.69, 9.17) is 4.55 Å². The van der Waals surface area contributed by atoms with Crippen molar-refractivity contribution in [3.63, 3.8) is 0 Å². The molecule has 0 spiro atoms. The average Bonchev–Trinajstić information content (AvgIpc) is 2.12. The van der Waals surface area contributed by atoms with Gasteiger partial charge in [-0.3, -0.25) is 0 Å². The van der Waals surface area contributed by atoms with Crippen LogP contribution in [0.3, 0.4) is 0 Å². The molecule has 1 heterocycles. The van der Waals surface area contributed by atoms with Crippen molar-refractivity contribution in [2.75, 3.05) is 0 Å². The maximum atomic E-state index is 10.2. The molecule has 0 saturated carbocycles. The van der Waals surface area contributed by atoms with Crippen LogP contribution in [0.1, 0.15) is 1.43 Å². The van der Waals surface area contributed by atoms with Gasteiger partial charge < -0.3 is 5.98 Å². The van der Waals surface area contributed by atoms with Gasteiger partial charge in [-0.1, -0.05) is 6.07 Å². The third kappa shape index (κ3) is 2.65. The minimum atomic E-state index is -1.78. The minimum absolute atomic E-state index is 0. The summed E-state index contributed by atoms with van der Waals surface area (Å²) in [6, 6.07) is 3.37. The molecular weight excluding hydrogens is 151 g/mol. The van der Waals surface area contributed by atoms with Gasteiger partial charge in [-0.05, 0) is 11.4 Å². The standard InChI is InChI=1S/C4H4O2S2.Li.H/c5-8(6)4-2-1-3-7-4;;/h1-3H,(H,5,6);;/q;+1;-1. The smallest absolute Gasteiger partial charge is 1.00 e. The topological polar surface area (TPSA) is 37.3 Å². The van der Waals surface area contributed by atoms with Gasteiger partial charge in [0, 0.05) is 0 Å². The van der Waals surface area contributed by atoms with Gasteiger partial charge in [-0.2, -0.15) is 0 Å². The molecule has 0 bridgehead atoms. The second-order valence-corrected chi connectivity index (χ2v) is 3.33. The summed E-state index contributed by atoms with van der Waals surface area (Å²) in [7, 11) is 0. The van der Waals surface area contributed by atoms with Crippen molar-refractivity contribution < 1.29 is 29.0 Å². The maximum Gasteiger partial charge on any atom is 1.00 e. The molecule has 1 aromatic rings. The van der Waals surface area contributed by atoms with Gasteiger partial charge >= 0.3 is 18.9 Å². The van der Waals surface area contributed by atoms with Crippen LogP contribution in [0, 0.1) is 0 Å². The van der Waals surface area contributed by atoms with Crippen molar-refractivity contribution in [3.05, 3.63) is 17.5 Å². The fourth-order valence-electron chi connectivity index (χ4n) is 0.363. The van der Waals surface area contributed by atoms with Crippen LogP contribution in [-0.4, -0.2) is 8.76 Å². The van der Waals surface area contributed by atoms with E-state index in [1.165, 1.54) is 11.3 Å². The fourth-order valence-corrected chi connectivity index (χ4v) is 1.50. The van der Waals surface area contributed by atoms with E-state index in [1.54, 1.807) is 17.5 Å². The summed E-state index contributed by atoms with van der Waals surface area (Å²) in [6.45, 7) is 0. The Balaban J connectivity index is 0. The van der Waals surface area contributed by atoms with Crippen LogP contribution in [0.5, 0.6) is 0 Å². The molecule has 0 aliphatic carbocycles. The summed E-state index contributed by atoms with van der Waals surface area (Å²) in [4.78, 5) is 0. The summed E-state index contributed by atoms with van der Waals surface area (Å²) >= 11 is -0.498. The number of thiophene rings is 1. The molecule has 1 atom stereocenters. The van der Waals surface area contributed by atoms with E-state index >= 15 is 0 Å². The molecular formula is C4H5LiO2S2. The summed E-state index contributed by atoms with van der Waals surface area (Å²) in [5, 5.41) is 1.77. The predicted molar refractivity (Wildman–Crippen MR) is 34.5 cm³/mol. The first-order valence-electron chi connectivity index (χ1n) is 1.95. The SMILES string of the molecule is O=S(O)c1cccs1.[H-].[Li+]. The first-order chi connectivity index (χ1) is 3.80. The van der Waals surface area contributed by atoms with E-state index in [0.29, 0.717) is 4.21 Å². The summed E-state index contributed by atoms with van der Waals surface area (Å²) in [6.07, 6.45) is 0. The Morgan fingerprint density at radius 3 is 2.67 bits per heavy atom. The third-order valence-corrected chi connectivity index (χ3v) is 2.53. The quantitative estimate of drug-likeness (QED) is 0.394. The van der Waals surface area contributed by atoms with Crippen LogP contribution in [-0.2, 0) is 11.1 Å². The molecule has 0 aliphatic heterocycles. The third-order valence-electron chi connectivity index (χ3n) is 0.667. The maximum absolute atomic E-state index is 10.2. The summed E-state index contributed by atoms with van der Waals surface area (Å²) in [5.41, 5.74) is 0. The van der Waals surface area contributed by atoms with E-state index in [2.05, 4.69) is 0 Å². The van der Waals surface area contributed by atoms with Crippen molar-refractivity contribution in [1.29, 1.82) is 0 Å². The van der Waals surface area contributed by atoms with E-state index in [9.17, 15) is 4.21 Å². The van der Waals surface area contributed by atoms with Gasteiger partial charge in [0.05, 0.1) is 0 Å². The monoisotopic (exact) mass is 156 g/mol. The second-order valence-electron chi connectivity index (χ2n) is 1.18. The Hall–Kier alpha value is 0.407. The van der Waals surface area contributed by atoms with Crippen molar-refractivity contribution >= 4 is 22.4 Å². The van der Waals surface area contributed by atoms with E-state index in [0.717, 1.165) is 0 Å². The number of hydrogen-bond acceptors (Lipinski definition) is 2. The van der Waals surface area contributed by atoms with Crippen molar-refractivity contribution in [2.45, 2.75) is 4.21 Å². The molecule has 0 aliphatic rings. The van der Waals surface area contributed by atoms with Gasteiger partial charge in [-0.25, -0.2) is 4.21 Å². The summed E-state index contributed by atoms with van der Waals surface area (Å²) in [5.74, 6) is 0. The van der Waals surface area contributed by atoms with Gasteiger partial charge in [0.2, 0.25) is 0 Å². The normalized spacial score (nSPS) is 12.1. The van der Waals surface area contributed by atoms with Crippen LogP contribution in [0.4, 0.5) is 0 Å². The largest absolute Gasteiger partial charge is 1.00 e. The number of rotatable bonds is 1. The fraction of sp³-hybridized carbons (Fsp3) is 0. The molecule has 5 heteroatoms. The Morgan fingerprint density at radius 1 is 1.78 bits per heavy atom. The zero-order valence-electron chi connectivity index (χ0n) is 5.90. The van der Waals surface area contributed by atoms with Gasteiger partial charge in [0.1, 0.15) is 4.21 Å². The molecule has 46 valence electrons. The van der Waals surface area contributed by atoms with Crippen molar-refractivity contribution in [1.82, 2.24) is 0 Å². The van der Waals surface area contributed by atoms with Crippen LogP contribution in [0.15, 0.2) is 21.7 Å². The van der Waals surface area contributed by atoms with Gasteiger partial charge in [0.25, 0.3) is 0 Å². The summed E-state index contributed by atoms with van der Waals surface area (Å²) < 4.78 is 19.1. The molecule has 0 aromatic carbocycles. The first-order valence-corrected chi connectivity index (χ1v) is 3.93. The van der Waals surface area contributed by atoms with E-state index in [-0.39, 0.29) is 20.3 Å². The molecule has 2 nitrogen and oxygen atoms in total. The van der Waals surface area contributed by atoms with Crippen LogP contribution >= 0.6 is 11.3 Å². The van der Waals surface area contributed by atoms with Gasteiger partial charge in [-0.15, -0.1) is 11.3 Å². The number of hydrogen-bond donors (Lipinski definition) is 1. The molecule has 0 radical (unpaired) electrons. The molecule has 0 saturated heterocycles. The Bertz CT molecular complexity index is 189. The van der Waals surface area contributed by atoms with Crippen molar-refractivity contribution in [3.8, 4) is 0 Å². The van der Waals surface area contributed by atoms with E-state index in [1.807, 2.05) is 0 Å². The molecule has 1 unspecified atom stereocenters. The Kier molecular flexibility index (Phi) is 4.45. The van der Waals surface area contributed by atoms with Crippen molar-refractivity contribution in [2.24, 2.45) is 0 Å². The molecule has 9 heavy (non-hydrogen) atoms. The Morgan fingerprint density at radius 2 is 2.44 bits per heavy atom. The zero-order chi connectivity index (χ0) is 5.98. The van der Waals surface area contributed by atoms with Crippen LogP contribution in [0.25, 0.3) is 0 Å². The molecule has 0 amide bonds. The predicted octanol–water partition coefficient (Wildman–Crippen LogP) is -1.55. The molecule has 1 rings (SSSR count). The molecule has 1 aromatic heterocycles. The second kappa shape index (κ2) is 4.26. The molecule has 1 N–H and O–H groups in total. The van der Waals surface area contributed by atoms with E-state index < -0.39 is 11.1 Å². The average molecular weight is 156 g/mol. The van der Waals surface area contributed by atoms with Crippen LogP contribution < -0.4 is 18.9 Å². The van der Waals surface area contributed by atoms with Crippen LogP contribution in [0.2, 0.25) is 0 Å². The van der Waals surface area contributed by atoms with Gasteiger partial charge in [0.15, 0.2) is 11.1 Å².